The smallest absolute Gasteiger partial charge is 0.319 e. The number of hydrogen-bond acceptors (Lipinski definition) is 3. The monoisotopic (exact) mass is 373 g/mol. The van der Waals surface area contributed by atoms with Crippen molar-refractivity contribution in [3.05, 3.63) is 43.9 Å². The molecule has 2 aromatic rings. The number of amides is 2. The number of carbonyl (C=O) groups is 1. The van der Waals surface area contributed by atoms with Gasteiger partial charge in [-0.2, -0.15) is 0 Å². The Hall–Kier alpha value is -1.15. The molecule has 0 saturated heterocycles. The van der Waals surface area contributed by atoms with E-state index in [2.05, 4.69) is 38.2 Å². The summed E-state index contributed by atoms with van der Waals surface area (Å²) in [5.41, 5.74) is 0.786. The number of nitrogens with one attached hydrogen (secondary N) is 2. The second-order valence-corrected chi connectivity index (χ2v) is 6.23. The molecule has 1 aromatic carbocycles. The molecule has 0 saturated carbocycles. The number of aryl methyl sites for hydroxylation is 1. The lowest BCUT2D eigenvalue weighted by atomic mass is 10.3. The second kappa shape index (κ2) is 6.14. The zero-order valence-corrected chi connectivity index (χ0v) is 12.7. The molecule has 18 heavy (non-hydrogen) atoms. The Bertz CT molecular complexity index is 539. The highest BCUT2D eigenvalue weighted by Crippen LogP contribution is 2.12. The fourth-order valence-electron chi connectivity index (χ4n) is 1.36. The van der Waals surface area contributed by atoms with Gasteiger partial charge in [0.1, 0.15) is 0 Å². The minimum Gasteiger partial charge on any atom is -0.333 e. The maximum Gasteiger partial charge on any atom is 0.319 e. The van der Waals surface area contributed by atoms with E-state index >= 15 is 0 Å². The van der Waals surface area contributed by atoms with Gasteiger partial charge in [0.25, 0.3) is 0 Å². The van der Waals surface area contributed by atoms with Crippen LogP contribution in [0.2, 0.25) is 0 Å². The number of anilines is 1. The summed E-state index contributed by atoms with van der Waals surface area (Å²) >= 11 is 3.81. The molecule has 0 fully saturated rings. The SMILES string of the molecule is Cc1ncc(CNC(=O)Nc2ccc(I)cc2)s1. The normalized spacial score (nSPS) is 10.1. The molecule has 0 aliphatic rings. The van der Waals surface area contributed by atoms with E-state index in [0.29, 0.717) is 6.54 Å². The Morgan fingerprint density at radius 1 is 1.39 bits per heavy atom. The summed E-state index contributed by atoms with van der Waals surface area (Å²) in [6, 6.07) is 7.43. The Morgan fingerprint density at radius 2 is 2.11 bits per heavy atom. The first-order valence-corrected chi connectivity index (χ1v) is 7.25. The van der Waals surface area contributed by atoms with Crippen molar-refractivity contribution in [1.29, 1.82) is 0 Å². The Labute approximate surface area is 123 Å². The summed E-state index contributed by atoms with van der Waals surface area (Å²) < 4.78 is 1.14. The quantitative estimate of drug-likeness (QED) is 0.811. The summed E-state index contributed by atoms with van der Waals surface area (Å²) in [6.07, 6.45) is 1.78. The molecular formula is C12H12IN3OS. The van der Waals surface area contributed by atoms with Gasteiger partial charge in [0.2, 0.25) is 0 Å². The second-order valence-electron chi connectivity index (χ2n) is 3.66. The number of hydrogen-bond donors (Lipinski definition) is 2. The maximum absolute atomic E-state index is 11.6. The molecular weight excluding hydrogens is 361 g/mol. The Balaban J connectivity index is 1.83. The molecule has 0 radical (unpaired) electrons. The van der Waals surface area contributed by atoms with Crippen molar-refractivity contribution in [3.8, 4) is 0 Å². The highest BCUT2D eigenvalue weighted by Gasteiger charge is 2.03. The van der Waals surface area contributed by atoms with E-state index in [1.165, 1.54) is 0 Å². The Kier molecular flexibility index (Phi) is 4.54. The zero-order valence-electron chi connectivity index (χ0n) is 9.74. The van der Waals surface area contributed by atoms with Crippen LogP contribution in [0.25, 0.3) is 0 Å². The molecule has 1 heterocycles. The molecule has 2 rings (SSSR count). The van der Waals surface area contributed by atoms with Crippen LogP contribution in [-0.2, 0) is 6.54 Å². The van der Waals surface area contributed by atoms with E-state index in [-0.39, 0.29) is 6.03 Å². The fraction of sp³-hybridized carbons (Fsp3) is 0.167. The van der Waals surface area contributed by atoms with E-state index in [1.54, 1.807) is 17.5 Å². The van der Waals surface area contributed by atoms with E-state index < -0.39 is 0 Å². The third-order valence-electron chi connectivity index (χ3n) is 2.19. The van der Waals surface area contributed by atoms with Gasteiger partial charge in [0.15, 0.2) is 0 Å². The first-order chi connectivity index (χ1) is 8.63. The van der Waals surface area contributed by atoms with Crippen molar-refractivity contribution in [2.75, 3.05) is 5.32 Å². The molecule has 4 nitrogen and oxygen atoms in total. The maximum atomic E-state index is 11.6. The third kappa shape index (κ3) is 3.95. The summed E-state index contributed by atoms with van der Waals surface area (Å²) in [5.74, 6) is 0. The van der Waals surface area contributed by atoms with Gasteiger partial charge in [-0.05, 0) is 53.8 Å². The lowest BCUT2D eigenvalue weighted by molar-refractivity contribution is 0.252. The summed E-state index contributed by atoms with van der Waals surface area (Å²) in [7, 11) is 0. The number of halogens is 1. The summed E-state index contributed by atoms with van der Waals surface area (Å²) in [5, 5.41) is 6.58. The van der Waals surface area contributed by atoms with Gasteiger partial charge in [-0.3, -0.25) is 0 Å². The predicted octanol–water partition coefficient (Wildman–Crippen LogP) is 3.38. The minimum atomic E-state index is -0.206. The van der Waals surface area contributed by atoms with Gasteiger partial charge in [-0.15, -0.1) is 11.3 Å². The van der Waals surface area contributed by atoms with Crippen LogP contribution in [0.3, 0.4) is 0 Å². The summed E-state index contributed by atoms with van der Waals surface area (Å²) in [6.45, 7) is 2.45. The fourth-order valence-corrected chi connectivity index (χ4v) is 2.46. The van der Waals surface area contributed by atoms with Gasteiger partial charge < -0.3 is 10.6 Å². The zero-order chi connectivity index (χ0) is 13.0. The van der Waals surface area contributed by atoms with Gasteiger partial charge in [0, 0.05) is 20.3 Å². The van der Waals surface area contributed by atoms with Crippen LogP contribution < -0.4 is 10.6 Å². The van der Waals surface area contributed by atoms with Crippen molar-refractivity contribution in [2.24, 2.45) is 0 Å². The van der Waals surface area contributed by atoms with Crippen LogP contribution in [0, 0.1) is 10.5 Å². The van der Waals surface area contributed by atoms with Crippen molar-refractivity contribution in [2.45, 2.75) is 13.5 Å². The molecule has 6 heteroatoms. The predicted molar refractivity (Wildman–Crippen MR) is 81.9 cm³/mol. The average molecular weight is 373 g/mol. The highest BCUT2D eigenvalue weighted by atomic mass is 127. The number of aromatic nitrogens is 1. The molecule has 2 amide bonds. The van der Waals surface area contributed by atoms with E-state index in [9.17, 15) is 4.79 Å². The topological polar surface area (TPSA) is 54.0 Å². The van der Waals surface area contributed by atoms with Gasteiger partial charge >= 0.3 is 6.03 Å². The minimum absolute atomic E-state index is 0.206. The van der Waals surface area contributed by atoms with Crippen molar-refractivity contribution < 1.29 is 4.79 Å². The first-order valence-electron chi connectivity index (χ1n) is 5.35. The van der Waals surface area contributed by atoms with Crippen LogP contribution >= 0.6 is 33.9 Å². The van der Waals surface area contributed by atoms with Crippen molar-refractivity contribution in [1.82, 2.24) is 10.3 Å². The number of carbonyl (C=O) groups excluding carboxylic acids is 1. The van der Waals surface area contributed by atoms with Crippen molar-refractivity contribution >= 4 is 45.6 Å². The van der Waals surface area contributed by atoms with Crippen molar-refractivity contribution in [3.63, 3.8) is 0 Å². The van der Waals surface area contributed by atoms with Crippen LogP contribution in [0.1, 0.15) is 9.88 Å². The highest BCUT2D eigenvalue weighted by molar-refractivity contribution is 14.1. The van der Waals surface area contributed by atoms with Gasteiger partial charge in [-0.1, -0.05) is 0 Å². The first kappa shape index (κ1) is 13.3. The third-order valence-corrected chi connectivity index (χ3v) is 3.83. The van der Waals surface area contributed by atoms with Gasteiger partial charge in [0.05, 0.1) is 11.6 Å². The number of benzene rings is 1. The molecule has 0 bridgehead atoms. The molecule has 0 atom stereocenters. The largest absolute Gasteiger partial charge is 0.333 e. The average Bonchev–Trinajstić information content (AvgIpc) is 2.76. The molecule has 94 valence electrons. The Morgan fingerprint density at radius 3 is 2.72 bits per heavy atom. The van der Waals surface area contributed by atoms with E-state index in [4.69, 9.17) is 0 Å². The van der Waals surface area contributed by atoms with Gasteiger partial charge in [-0.25, -0.2) is 9.78 Å². The number of nitrogens with zero attached hydrogens (tertiary/aromatic N) is 1. The van der Waals surface area contributed by atoms with Crippen LogP contribution in [0.15, 0.2) is 30.5 Å². The molecule has 0 spiro atoms. The molecule has 2 N–H and O–H groups in total. The van der Waals surface area contributed by atoms with Crippen LogP contribution in [0.4, 0.5) is 10.5 Å². The number of rotatable bonds is 3. The molecule has 0 unspecified atom stereocenters. The molecule has 1 aromatic heterocycles. The number of thiazole rings is 1. The lowest BCUT2D eigenvalue weighted by Crippen LogP contribution is -2.27. The van der Waals surface area contributed by atoms with Crippen LogP contribution in [-0.4, -0.2) is 11.0 Å². The summed E-state index contributed by atoms with van der Waals surface area (Å²) in [4.78, 5) is 16.8. The lowest BCUT2D eigenvalue weighted by Gasteiger charge is -2.06. The van der Waals surface area contributed by atoms with E-state index in [1.807, 2.05) is 31.2 Å². The molecule has 0 aliphatic carbocycles. The van der Waals surface area contributed by atoms with Crippen LogP contribution in [0.5, 0.6) is 0 Å². The number of urea groups is 1. The van der Waals surface area contributed by atoms with E-state index in [0.717, 1.165) is 19.1 Å². The standard InChI is InChI=1S/C12H12IN3OS/c1-8-14-6-11(18-8)7-15-12(17)16-10-4-2-9(13)3-5-10/h2-6H,7H2,1H3,(H2,15,16,17). The molecule has 0 aliphatic heterocycles.